The molecule has 4 aromatic carbocycles. The van der Waals surface area contributed by atoms with Gasteiger partial charge in [0.05, 0.1) is 22.3 Å². The monoisotopic (exact) mass is 1510 g/mol. The molecule has 0 unspecified atom stereocenters. The number of benzene rings is 4. The predicted molar refractivity (Wildman–Crippen MR) is 463 cm³/mol. The first-order valence-corrected chi connectivity index (χ1v) is 38.3. The van der Waals surface area contributed by atoms with Crippen LogP contribution in [0.3, 0.4) is 0 Å². The summed E-state index contributed by atoms with van der Waals surface area (Å²) in [5.74, 6) is -1.13. The first-order chi connectivity index (χ1) is 59.7. The second kappa shape index (κ2) is 32.9. The average Bonchev–Trinajstić information content (AvgIpc) is 1.55. The Morgan fingerprint density at radius 2 is 0.482 bits per heavy atom. The molecule has 0 spiro atoms. The maximum atomic E-state index is 8.35. The Morgan fingerprint density at radius 1 is 0.286 bits per heavy atom. The van der Waals surface area contributed by atoms with Crippen LogP contribution in [0, 0.1) is 27.7 Å². The summed E-state index contributed by atoms with van der Waals surface area (Å²) >= 11 is 0. The molecular formula is C100H116N8O4+4. The lowest BCUT2D eigenvalue weighted by Crippen LogP contribution is -2.32. The molecule has 12 heterocycles. The Balaban J connectivity index is 0.000000148. The topological polar surface area (TPSA) is 120 Å². The fourth-order valence-electron chi connectivity index (χ4n) is 15.0. The minimum absolute atomic E-state index is 0.289. The lowest BCUT2D eigenvalue weighted by Gasteiger charge is -2.10. The van der Waals surface area contributed by atoms with Crippen molar-refractivity contribution in [1.82, 2.24) is 19.9 Å². The highest BCUT2D eigenvalue weighted by molar-refractivity contribution is 6.12. The molecule has 0 atom stereocenters. The smallest absolute Gasteiger partial charge is 0.227 e. The van der Waals surface area contributed by atoms with E-state index in [2.05, 4.69) is 37.7 Å². The van der Waals surface area contributed by atoms with Gasteiger partial charge in [0, 0.05) is 137 Å². The van der Waals surface area contributed by atoms with Crippen LogP contribution >= 0.6 is 0 Å². The van der Waals surface area contributed by atoms with Gasteiger partial charge < -0.3 is 17.7 Å². The van der Waals surface area contributed by atoms with Crippen LogP contribution in [-0.4, -0.2) is 19.9 Å². The third-order valence-electron chi connectivity index (χ3n) is 21.4. The van der Waals surface area contributed by atoms with Gasteiger partial charge in [0.15, 0.2) is 47.1 Å². The van der Waals surface area contributed by atoms with Crippen LogP contribution in [0.25, 0.3) is 133 Å². The van der Waals surface area contributed by atoms with E-state index in [-0.39, 0.29) is 11.8 Å². The van der Waals surface area contributed by atoms with Crippen molar-refractivity contribution in [3.05, 3.63) is 236 Å². The molecular weight excluding hydrogens is 1380 g/mol. The van der Waals surface area contributed by atoms with Crippen LogP contribution in [0.15, 0.2) is 164 Å². The van der Waals surface area contributed by atoms with E-state index in [1.165, 1.54) is 55.4 Å². The molecule has 16 rings (SSSR count). The lowest BCUT2D eigenvalue weighted by atomic mass is 9.97. The molecule has 0 bridgehead atoms. The molecule has 0 aliphatic rings. The van der Waals surface area contributed by atoms with Gasteiger partial charge in [-0.15, -0.1) is 0 Å². The molecule has 0 N–H and O–H groups in total. The molecule has 576 valence electrons. The highest BCUT2D eigenvalue weighted by atomic mass is 16.4. The molecule has 12 heteroatoms. The molecule has 0 aliphatic carbocycles. The number of furan rings is 4. The van der Waals surface area contributed by atoms with Gasteiger partial charge in [0.25, 0.3) is 0 Å². The van der Waals surface area contributed by atoms with Gasteiger partial charge in [-0.2, -0.15) is 0 Å². The van der Waals surface area contributed by atoms with Crippen LogP contribution < -0.4 is 18.3 Å². The minimum atomic E-state index is -1.73. The number of aryl methyl sites for hydroxylation is 16. The van der Waals surface area contributed by atoms with Crippen molar-refractivity contribution >= 4 is 88.3 Å². The zero-order valence-corrected chi connectivity index (χ0v) is 69.2. The Hall–Kier alpha value is -10.7. The Labute approximate surface area is 688 Å². The summed E-state index contributed by atoms with van der Waals surface area (Å²) in [5, 5.41) is 7.30. The summed E-state index contributed by atoms with van der Waals surface area (Å²) in [6.07, 6.45) is -6.87. The van der Waals surface area contributed by atoms with Crippen molar-refractivity contribution in [2.45, 2.75) is 213 Å². The fraction of sp³-hybridized carbons (Fsp3) is 0.360. The number of hydrogen-bond acceptors (Lipinski definition) is 8. The van der Waals surface area contributed by atoms with E-state index in [0.29, 0.717) is 101 Å². The van der Waals surface area contributed by atoms with Crippen LogP contribution in [-0.2, 0) is 79.2 Å². The Morgan fingerprint density at radius 3 is 0.679 bits per heavy atom. The van der Waals surface area contributed by atoms with Gasteiger partial charge in [-0.25, -0.2) is 38.2 Å². The van der Waals surface area contributed by atoms with E-state index in [1.807, 2.05) is 171 Å². The molecule has 0 amide bonds. The van der Waals surface area contributed by atoms with Gasteiger partial charge in [-0.1, -0.05) is 159 Å². The standard InChI is InChI=1S/4C25H29N2O/c4*1-7-17-13-22(27(6)14-18(17)8-2)23-16(5)9-10-19-20-11-12-21(15(3)4)26-25(20)28-24(19)23/h4*9-15H,7-8H2,1-6H3/q4*+1/i2*7D2,8D2,15D;2*7D2,8D2. The minimum Gasteiger partial charge on any atom is -0.437 e. The molecule has 0 aliphatic heterocycles. The summed E-state index contributed by atoms with van der Waals surface area (Å²) in [4.78, 5) is 18.6. The molecule has 12 nitrogen and oxygen atoms in total. The van der Waals surface area contributed by atoms with Crippen LogP contribution in [0.2, 0.25) is 0 Å². The number of hydrogen-bond donors (Lipinski definition) is 0. The molecule has 16 aromatic rings. The van der Waals surface area contributed by atoms with Crippen LogP contribution in [0.1, 0.15) is 249 Å². The summed E-state index contributed by atoms with van der Waals surface area (Å²) in [6, 6.07) is 38.9. The summed E-state index contributed by atoms with van der Waals surface area (Å²) in [6.45, 7) is 35.1. The zero-order valence-electron chi connectivity index (χ0n) is 87.2. The van der Waals surface area contributed by atoms with Gasteiger partial charge in [-0.05, 0) is 195 Å². The van der Waals surface area contributed by atoms with E-state index in [9.17, 15) is 0 Å². The van der Waals surface area contributed by atoms with Crippen molar-refractivity contribution < 1.29 is 60.6 Å². The second-order valence-corrected chi connectivity index (χ2v) is 29.9. The molecule has 12 aromatic heterocycles. The maximum absolute atomic E-state index is 8.35. The van der Waals surface area contributed by atoms with Crippen molar-refractivity contribution in [3.8, 4) is 45.0 Å². The first-order valence-electron chi connectivity index (χ1n) is 47.3. The molecule has 0 saturated carbocycles. The molecule has 0 fully saturated rings. The number of pyridine rings is 8. The SMILES string of the molecule is [2H]C([2H])(C)c1cc(-c2c(C)ccc3c2oc2nc(C(C)C)ccc23)[n+](C)cc1C([2H])([2H])C.[2H]C([2H])(C)c1cc(-c2c(C)ccc3c2oc2nc(C(C)C)ccc23)[n+](C)cc1C([2H])([2H])C.[2H]C([2H])(C)c1cc(-c2c(C)ccc3c2oc2nc(C([2H])(C)C)ccc23)[n+](C)cc1C([2H])([2H])C.[2H]C([2H])(C)c1cc(-c2c(C)ccc3c2oc2nc(C([2H])(C)C)ccc23)[n+](C)cc1C([2H])([2H])C. The predicted octanol–water partition coefficient (Wildman–Crippen LogP) is 24.1. The lowest BCUT2D eigenvalue weighted by molar-refractivity contribution is -0.661. The highest BCUT2D eigenvalue weighted by Gasteiger charge is 2.29. The number of nitrogens with zero attached hydrogens (tertiary/aromatic N) is 8. The summed E-state index contributed by atoms with van der Waals surface area (Å²) < 4.78 is 182. The highest BCUT2D eigenvalue weighted by Crippen LogP contribution is 2.43. The summed E-state index contributed by atoms with van der Waals surface area (Å²) in [7, 11) is 7.38. The fourth-order valence-corrected chi connectivity index (χ4v) is 15.0. The third-order valence-corrected chi connectivity index (χ3v) is 21.4. The van der Waals surface area contributed by atoms with E-state index < -0.39 is 62.8 Å². The maximum Gasteiger partial charge on any atom is 0.227 e. The number of rotatable bonds is 16. The average molecular weight is 1510 g/mol. The third kappa shape index (κ3) is 14.9. The Kier molecular flexibility index (Phi) is 17.4. The number of fused-ring (bicyclic) bond motifs is 12. The van der Waals surface area contributed by atoms with Gasteiger partial charge >= 0.3 is 0 Å². The van der Waals surface area contributed by atoms with E-state index >= 15 is 0 Å². The normalized spacial score (nSPS) is 15.4. The quantitative estimate of drug-likeness (QED) is 0.0878. The molecule has 0 saturated heterocycles. The van der Waals surface area contributed by atoms with Crippen molar-refractivity contribution in [2.24, 2.45) is 28.2 Å². The van der Waals surface area contributed by atoms with Crippen molar-refractivity contribution in [3.63, 3.8) is 0 Å². The first kappa shape index (κ1) is 59.1. The largest absolute Gasteiger partial charge is 0.437 e. The van der Waals surface area contributed by atoms with Crippen LogP contribution in [0.5, 0.6) is 0 Å². The van der Waals surface area contributed by atoms with Crippen LogP contribution in [0.4, 0.5) is 0 Å². The molecule has 0 radical (unpaired) electrons. The van der Waals surface area contributed by atoms with E-state index in [4.69, 9.17) is 52.3 Å². The van der Waals surface area contributed by atoms with Gasteiger partial charge in [0.2, 0.25) is 45.6 Å². The Bertz CT molecular complexity index is 6740. The zero-order chi connectivity index (χ0) is 96.2. The summed E-state index contributed by atoms with van der Waals surface area (Å²) in [5.41, 5.74) is 20.8. The molecule has 112 heavy (non-hydrogen) atoms. The van der Waals surface area contributed by atoms with Crippen molar-refractivity contribution in [1.29, 1.82) is 0 Å². The van der Waals surface area contributed by atoms with E-state index in [1.54, 1.807) is 76.7 Å². The van der Waals surface area contributed by atoms with Gasteiger partial charge in [-0.3, -0.25) is 0 Å². The van der Waals surface area contributed by atoms with E-state index in [0.717, 1.165) is 122 Å². The van der Waals surface area contributed by atoms with Crippen molar-refractivity contribution in [2.75, 3.05) is 0 Å². The second-order valence-electron chi connectivity index (χ2n) is 29.9. The number of aromatic nitrogens is 8. The van der Waals surface area contributed by atoms with Gasteiger partial charge in [0.1, 0.15) is 28.2 Å².